The second-order valence-corrected chi connectivity index (χ2v) is 8.35. The number of carboxylic acids is 1. The van der Waals surface area contributed by atoms with Gasteiger partial charge >= 0.3 is 5.97 Å². The Balaban J connectivity index is 2.12. The van der Waals surface area contributed by atoms with Crippen LogP contribution in [0.4, 0.5) is 17.1 Å². The molecule has 8 N–H and O–H groups in total. The number of nitrogens with zero attached hydrogens (tertiary/aromatic N) is 1. The van der Waals surface area contributed by atoms with Gasteiger partial charge in [-0.15, -0.1) is 0 Å². The number of nitrogens with two attached hydrogens (primary N) is 2. The molecule has 10 heteroatoms. The average molecular weight is 469 g/mol. The van der Waals surface area contributed by atoms with E-state index in [0.29, 0.717) is 22.6 Å². The molecule has 182 valence electrons. The highest BCUT2D eigenvalue weighted by molar-refractivity contribution is 5.99. The summed E-state index contributed by atoms with van der Waals surface area (Å²) in [5, 5.41) is 22.3. The van der Waals surface area contributed by atoms with E-state index in [0.717, 1.165) is 11.1 Å². The van der Waals surface area contributed by atoms with Crippen LogP contribution in [0.25, 0.3) is 0 Å². The van der Waals surface area contributed by atoms with Crippen LogP contribution in [0.2, 0.25) is 0 Å². The summed E-state index contributed by atoms with van der Waals surface area (Å²) in [6.45, 7) is 7.34. The summed E-state index contributed by atoms with van der Waals surface area (Å²) < 4.78 is 0. The second-order valence-electron chi connectivity index (χ2n) is 8.35. The van der Waals surface area contributed by atoms with Gasteiger partial charge < -0.3 is 32.1 Å². The number of nitrogen functional groups attached to an aromatic ring is 1. The number of carbonyl (C=O) groups excluding carboxylic acids is 2. The van der Waals surface area contributed by atoms with E-state index in [2.05, 4.69) is 10.6 Å². The van der Waals surface area contributed by atoms with Crippen LogP contribution in [0.15, 0.2) is 36.4 Å². The topological polar surface area (TPSA) is 175 Å². The number of rotatable bonds is 10. The molecule has 0 saturated heterocycles. The van der Waals surface area contributed by atoms with Gasteiger partial charge in [-0.05, 0) is 75.2 Å². The van der Waals surface area contributed by atoms with Crippen molar-refractivity contribution in [2.24, 2.45) is 11.5 Å². The summed E-state index contributed by atoms with van der Waals surface area (Å²) in [7, 11) is 0. The SMILES string of the molecule is Cc1cc(N(C(=O)CC(N)C(=O)O)C(C)C)c(C)cc1NC(=O)CNc1ccc(C(=N)N)cc1. The Hall–Kier alpha value is -3.92. The van der Waals surface area contributed by atoms with Crippen LogP contribution in [-0.2, 0) is 14.4 Å². The third-order valence-corrected chi connectivity index (χ3v) is 5.22. The maximum Gasteiger partial charge on any atom is 0.321 e. The van der Waals surface area contributed by atoms with Crippen molar-refractivity contribution >= 4 is 40.7 Å². The largest absolute Gasteiger partial charge is 0.480 e. The van der Waals surface area contributed by atoms with Crippen LogP contribution < -0.4 is 27.0 Å². The minimum absolute atomic E-state index is 0.0268. The zero-order valence-electron chi connectivity index (χ0n) is 19.8. The highest BCUT2D eigenvalue weighted by Gasteiger charge is 2.26. The number of nitrogens with one attached hydrogen (secondary N) is 3. The Bertz CT molecular complexity index is 1080. The van der Waals surface area contributed by atoms with Crippen molar-refractivity contribution in [1.82, 2.24) is 0 Å². The lowest BCUT2D eigenvalue weighted by Crippen LogP contribution is -2.43. The fourth-order valence-corrected chi connectivity index (χ4v) is 3.41. The predicted molar refractivity (Wildman–Crippen MR) is 133 cm³/mol. The molecule has 0 radical (unpaired) electrons. The van der Waals surface area contributed by atoms with Crippen molar-refractivity contribution in [3.63, 3.8) is 0 Å². The molecule has 2 rings (SSSR count). The first kappa shape index (κ1) is 26.3. The summed E-state index contributed by atoms with van der Waals surface area (Å²) >= 11 is 0. The Kier molecular flexibility index (Phi) is 8.74. The molecule has 0 saturated carbocycles. The molecular formula is C24H32N6O4. The predicted octanol–water partition coefficient (Wildman–Crippen LogP) is 2.18. The zero-order valence-corrected chi connectivity index (χ0v) is 19.8. The molecule has 0 heterocycles. The second kappa shape index (κ2) is 11.3. The first-order valence-electron chi connectivity index (χ1n) is 10.8. The third-order valence-electron chi connectivity index (χ3n) is 5.22. The van der Waals surface area contributed by atoms with Gasteiger partial charge in [-0.1, -0.05) is 0 Å². The minimum atomic E-state index is -1.28. The molecule has 34 heavy (non-hydrogen) atoms. The lowest BCUT2D eigenvalue weighted by atomic mass is 10.0. The number of amides is 2. The molecule has 0 fully saturated rings. The maximum absolute atomic E-state index is 12.8. The van der Waals surface area contributed by atoms with Crippen molar-refractivity contribution in [1.29, 1.82) is 5.41 Å². The van der Waals surface area contributed by atoms with Crippen LogP contribution in [0.1, 0.15) is 37.0 Å². The maximum atomic E-state index is 12.8. The Morgan fingerprint density at radius 3 is 2.24 bits per heavy atom. The quantitative estimate of drug-likeness (QED) is 0.229. The van der Waals surface area contributed by atoms with E-state index in [1.165, 1.54) is 4.90 Å². The van der Waals surface area contributed by atoms with Crippen LogP contribution >= 0.6 is 0 Å². The summed E-state index contributed by atoms with van der Waals surface area (Å²) in [6, 6.07) is 8.95. The van der Waals surface area contributed by atoms with Crippen molar-refractivity contribution in [2.45, 2.75) is 46.2 Å². The molecule has 0 spiro atoms. The number of aliphatic carboxylic acids is 1. The molecule has 10 nitrogen and oxygen atoms in total. The molecule has 2 aromatic carbocycles. The first-order valence-corrected chi connectivity index (χ1v) is 10.8. The van der Waals surface area contributed by atoms with Crippen LogP contribution in [-0.4, -0.2) is 47.4 Å². The van der Waals surface area contributed by atoms with Gasteiger partial charge in [0.25, 0.3) is 0 Å². The van der Waals surface area contributed by atoms with E-state index in [4.69, 9.17) is 22.0 Å². The van der Waals surface area contributed by atoms with E-state index in [1.54, 1.807) is 36.4 Å². The smallest absolute Gasteiger partial charge is 0.321 e. The summed E-state index contributed by atoms with van der Waals surface area (Å²) in [6.07, 6.45) is -0.316. The number of amidine groups is 1. The molecule has 0 aromatic heterocycles. The van der Waals surface area contributed by atoms with E-state index in [-0.39, 0.29) is 36.7 Å². The standard InChI is InChI=1S/C24H32N6O4/c1-13(2)30(22(32)11-18(25)24(33)34)20-10-14(3)19(9-15(20)4)29-21(31)12-28-17-7-5-16(6-8-17)23(26)27/h5-10,13,18,28H,11-12,25H2,1-4H3,(H3,26,27)(H,29,31)(H,33,34). The minimum Gasteiger partial charge on any atom is -0.480 e. The molecule has 0 aliphatic rings. The molecule has 1 atom stereocenters. The third kappa shape index (κ3) is 6.79. The number of aryl methyl sites for hydroxylation is 2. The van der Waals surface area contributed by atoms with Gasteiger partial charge in [0.2, 0.25) is 11.8 Å². The van der Waals surface area contributed by atoms with Gasteiger partial charge in [0, 0.05) is 28.7 Å². The number of carboxylic acid groups (broad SMARTS) is 1. The van der Waals surface area contributed by atoms with Gasteiger partial charge in [0.1, 0.15) is 11.9 Å². The van der Waals surface area contributed by atoms with E-state index in [9.17, 15) is 14.4 Å². The van der Waals surface area contributed by atoms with Crippen molar-refractivity contribution in [3.05, 3.63) is 53.1 Å². The molecule has 0 aliphatic heterocycles. The van der Waals surface area contributed by atoms with Crippen LogP contribution in [0.3, 0.4) is 0 Å². The fourth-order valence-electron chi connectivity index (χ4n) is 3.41. The van der Waals surface area contributed by atoms with Gasteiger partial charge in [-0.2, -0.15) is 0 Å². The molecule has 2 amide bonds. The normalized spacial score (nSPS) is 11.6. The first-order chi connectivity index (χ1) is 15.9. The number of anilines is 3. The number of carbonyl (C=O) groups is 3. The number of hydrogen-bond acceptors (Lipinski definition) is 6. The van der Waals surface area contributed by atoms with E-state index in [1.807, 2.05) is 27.7 Å². The van der Waals surface area contributed by atoms with Crippen molar-refractivity contribution in [2.75, 3.05) is 22.1 Å². The Labute approximate surface area is 198 Å². The molecule has 2 aromatic rings. The zero-order chi connectivity index (χ0) is 25.6. The Morgan fingerprint density at radius 2 is 1.71 bits per heavy atom. The lowest BCUT2D eigenvalue weighted by molar-refractivity contribution is -0.140. The lowest BCUT2D eigenvalue weighted by Gasteiger charge is -2.30. The number of benzene rings is 2. The fraction of sp³-hybridized carbons (Fsp3) is 0.333. The summed E-state index contributed by atoms with van der Waals surface area (Å²) in [5.41, 5.74) is 15.1. The van der Waals surface area contributed by atoms with Crippen molar-refractivity contribution < 1.29 is 19.5 Å². The molecule has 1 unspecified atom stereocenters. The highest BCUT2D eigenvalue weighted by atomic mass is 16.4. The molecular weight excluding hydrogens is 436 g/mol. The summed E-state index contributed by atoms with van der Waals surface area (Å²) in [5.74, 6) is -1.90. The van der Waals surface area contributed by atoms with Crippen LogP contribution in [0, 0.1) is 19.3 Å². The molecule has 0 bridgehead atoms. The highest BCUT2D eigenvalue weighted by Crippen LogP contribution is 2.29. The monoisotopic (exact) mass is 468 g/mol. The Morgan fingerprint density at radius 1 is 1.09 bits per heavy atom. The van der Waals surface area contributed by atoms with E-state index < -0.39 is 12.0 Å². The van der Waals surface area contributed by atoms with Crippen LogP contribution in [0.5, 0.6) is 0 Å². The van der Waals surface area contributed by atoms with Gasteiger partial charge in [0.05, 0.1) is 13.0 Å². The van der Waals surface area contributed by atoms with Gasteiger partial charge in [-0.3, -0.25) is 19.8 Å². The van der Waals surface area contributed by atoms with Gasteiger partial charge in [0.15, 0.2) is 0 Å². The van der Waals surface area contributed by atoms with Gasteiger partial charge in [-0.25, -0.2) is 0 Å². The average Bonchev–Trinajstić information content (AvgIpc) is 2.75. The number of hydrogen-bond donors (Lipinski definition) is 6. The van der Waals surface area contributed by atoms with E-state index >= 15 is 0 Å². The van der Waals surface area contributed by atoms with Crippen molar-refractivity contribution in [3.8, 4) is 0 Å². The summed E-state index contributed by atoms with van der Waals surface area (Å²) in [4.78, 5) is 37.9. The molecule has 0 aliphatic carbocycles.